The Bertz CT molecular complexity index is 819. The number of aliphatic carboxylic acids is 1. The first kappa shape index (κ1) is 51.4. The summed E-state index contributed by atoms with van der Waals surface area (Å²) < 4.78 is 5.21. The molecule has 0 aromatic carbocycles. The highest BCUT2D eigenvalue weighted by Gasteiger charge is 2.13. The van der Waals surface area contributed by atoms with Crippen LogP contribution in [0.25, 0.3) is 0 Å². The average molecular weight is 747 g/mol. The molecule has 0 aromatic rings. The van der Waals surface area contributed by atoms with Crippen LogP contribution in [0, 0.1) is 0 Å². The Kier molecular flexibility index (Phi) is 43.4. The number of unbranched alkanes of at least 4 members (excludes halogenated alkanes) is 36. The third-order valence-corrected chi connectivity index (χ3v) is 10.8. The number of carbonyl (C=O) groups is 2. The molecule has 0 rings (SSSR count). The molecule has 312 valence electrons. The molecule has 0 bridgehead atoms. The molecule has 0 aliphatic heterocycles. The predicted molar refractivity (Wildman–Crippen MR) is 228 cm³/mol. The summed E-state index contributed by atoms with van der Waals surface area (Å²) in [6.07, 6.45) is 55.8. The topological polar surface area (TPSA) is 83.8 Å². The molecule has 53 heavy (non-hydrogen) atoms. The average Bonchev–Trinajstić information content (AvgIpc) is 3.15. The van der Waals surface area contributed by atoms with E-state index in [1.807, 2.05) is 0 Å². The molecule has 0 saturated carbocycles. The SMILES string of the molecule is CCCCCCCCCCCCCCCCCCCCCC=C(OC(=O)CCCCCCCCCCCCCC=CCCCCCCCCO)C(=O)O. The first-order chi connectivity index (χ1) is 26.1. The lowest BCUT2D eigenvalue weighted by molar-refractivity contribution is -0.148. The quantitative estimate of drug-likeness (QED) is 0.0213. The van der Waals surface area contributed by atoms with Crippen LogP contribution in [0.15, 0.2) is 24.0 Å². The predicted octanol–water partition coefficient (Wildman–Crippen LogP) is 15.7. The number of aliphatic hydroxyl groups excluding tert-OH is 1. The molecule has 0 unspecified atom stereocenters. The lowest BCUT2D eigenvalue weighted by Crippen LogP contribution is -2.11. The molecule has 0 radical (unpaired) electrons. The van der Waals surface area contributed by atoms with Gasteiger partial charge in [-0.05, 0) is 57.4 Å². The number of ether oxygens (including phenoxy) is 1. The van der Waals surface area contributed by atoms with Gasteiger partial charge in [-0.15, -0.1) is 0 Å². The number of rotatable bonds is 44. The fourth-order valence-corrected chi connectivity index (χ4v) is 7.24. The minimum Gasteiger partial charge on any atom is -0.475 e. The molecular formula is C48H90O5. The van der Waals surface area contributed by atoms with E-state index in [9.17, 15) is 14.7 Å². The highest BCUT2D eigenvalue weighted by molar-refractivity contribution is 5.87. The van der Waals surface area contributed by atoms with Crippen LogP contribution in [0.4, 0.5) is 0 Å². The van der Waals surface area contributed by atoms with Gasteiger partial charge in [0.1, 0.15) is 0 Å². The lowest BCUT2D eigenvalue weighted by Gasteiger charge is -2.06. The number of aliphatic hydroxyl groups is 1. The van der Waals surface area contributed by atoms with Crippen molar-refractivity contribution in [1.29, 1.82) is 0 Å². The Morgan fingerprint density at radius 2 is 0.717 bits per heavy atom. The summed E-state index contributed by atoms with van der Waals surface area (Å²) >= 11 is 0. The van der Waals surface area contributed by atoms with Crippen LogP contribution in [0.1, 0.15) is 264 Å². The van der Waals surface area contributed by atoms with Crippen LogP contribution >= 0.6 is 0 Å². The van der Waals surface area contributed by atoms with E-state index >= 15 is 0 Å². The fraction of sp³-hybridized carbons (Fsp3) is 0.875. The summed E-state index contributed by atoms with van der Waals surface area (Å²) in [6, 6.07) is 0. The van der Waals surface area contributed by atoms with Gasteiger partial charge in [-0.2, -0.15) is 0 Å². The van der Waals surface area contributed by atoms with Gasteiger partial charge in [0.05, 0.1) is 0 Å². The minimum atomic E-state index is -1.14. The molecule has 0 aliphatic rings. The van der Waals surface area contributed by atoms with Crippen LogP contribution < -0.4 is 0 Å². The van der Waals surface area contributed by atoms with Gasteiger partial charge >= 0.3 is 11.9 Å². The third kappa shape index (κ3) is 43.0. The van der Waals surface area contributed by atoms with Crippen molar-refractivity contribution in [3.8, 4) is 0 Å². The second kappa shape index (κ2) is 44.8. The van der Waals surface area contributed by atoms with Gasteiger partial charge in [-0.3, -0.25) is 4.79 Å². The van der Waals surface area contributed by atoms with Crippen LogP contribution in [0.3, 0.4) is 0 Å². The molecule has 2 N–H and O–H groups in total. The molecule has 0 spiro atoms. The van der Waals surface area contributed by atoms with Crippen molar-refractivity contribution in [1.82, 2.24) is 0 Å². The number of allylic oxidation sites excluding steroid dienone is 3. The minimum absolute atomic E-state index is 0.193. The van der Waals surface area contributed by atoms with Gasteiger partial charge in [-0.25, -0.2) is 4.79 Å². The monoisotopic (exact) mass is 747 g/mol. The Morgan fingerprint density at radius 3 is 1.06 bits per heavy atom. The lowest BCUT2D eigenvalue weighted by atomic mass is 10.0. The zero-order valence-corrected chi connectivity index (χ0v) is 35.3. The molecule has 0 fully saturated rings. The van der Waals surface area contributed by atoms with Crippen molar-refractivity contribution in [3.63, 3.8) is 0 Å². The molecule has 0 heterocycles. The first-order valence-corrected chi connectivity index (χ1v) is 23.5. The number of hydrogen-bond acceptors (Lipinski definition) is 4. The van der Waals surface area contributed by atoms with Crippen LogP contribution in [0.2, 0.25) is 0 Å². The van der Waals surface area contributed by atoms with Gasteiger partial charge in [-0.1, -0.05) is 218 Å². The Hall–Kier alpha value is -1.62. The number of carboxylic acid groups (broad SMARTS) is 1. The molecule has 0 aliphatic carbocycles. The van der Waals surface area contributed by atoms with Gasteiger partial charge in [0.15, 0.2) is 0 Å². The molecule has 5 nitrogen and oxygen atoms in total. The molecule has 0 atom stereocenters. The van der Waals surface area contributed by atoms with Crippen molar-refractivity contribution in [3.05, 3.63) is 24.0 Å². The molecular weight excluding hydrogens is 657 g/mol. The fourth-order valence-electron chi connectivity index (χ4n) is 7.24. The zero-order valence-electron chi connectivity index (χ0n) is 35.3. The second-order valence-electron chi connectivity index (χ2n) is 16.0. The number of hydrogen-bond donors (Lipinski definition) is 2. The zero-order chi connectivity index (χ0) is 38.6. The molecule has 0 aromatic heterocycles. The second-order valence-corrected chi connectivity index (χ2v) is 16.0. The first-order valence-electron chi connectivity index (χ1n) is 23.5. The molecule has 0 amide bonds. The van der Waals surface area contributed by atoms with Crippen molar-refractivity contribution >= 4 is 11.9 Å². The summed E-state index contributed by atoms with van der Waals surface area (Å²) in [5.41, 5.74) is 0. The Balaban J connectivity index is 3.52. The van der Waals surface area contributed by atoms with E-state index < -0.39 is 11.9 Å². The number of carboxylic acids is 1. The van der Waals surface area contributed by atoms with Crippen molar-refractivity contribution < 1.29 is 24.5 Å². The van der Waals surface area contributed by atoms with Crippen LogP contribution in [0.5, 0.6) is 0 Å². The maximum Gasteiger partial charge on any atom is 0.371 e. The Labute approximate surface area is 330 Å². The maximum atomic E-state index is 12.2. The van der Waals surface area contributed by atoms with Crippen molar-refractivity contribution in [2.45, 2.75) is 264 Å². The number of esters is 1. The van der Waals surface area contributed by atoms with Gasteiger partial charge < -0.3 is 14.9 Å². The standard InChI is InChI=1S/C48H90O5/c1-2-3-4-5-6-7-8-9-10-11-12-16-19-22-25-28-31-34-37-40-43-46(48(51)52)53-47(50)44-41-38-35-32-29-26-23-20-17-14-13-15-18-21-24-27-30-33-36-39-42-45-49/h18,21,43,49H,2-17,19-20,22-42,44-45H2,1H3,(H,51,52). The smallest absolute Gasteiger partial charge is 0.371 e. The van der Waals surface area contributed by atoms with E-state index in [0.29, 0.717) is 19.4 Å². The van der Waals surface area contributed by atoms with E-state index in [0.717, 1.165) is 38.5 Å². The number of carbonyl (C=O) groups excluding carboxylic acids is 1. The largest absolute Gasteiger partial charge is 0.475 e. The van der Waals surface area contributed by atoms with Crippen LogP contribution in [-0.2, 0) is 14.3 Å². The van der Waals surface area contributed by atoms with E-state index in [4.69, 9.17) is 9.84 Å². The molecule has 0 saturated heterocycles. The summed E-state index contributed by atoms with van der Waals surface area (Å²) in [5.74, 6) is -1.75. The summed E-state index contributed by atoms with van der Waals surface area (Å²) in [7, 11) is 0. The van der Waals surface area contributed by atoms with Gasteiger partial charge in [0.2, 0.25) is 5.76 Å². The normalized spacial score (nSPS) is 11.9. The summed E-state index contributed by atoms with van der Waals surface area (Å²) in [6.45, 7) is 2.62. The highest BCUT2D eigenvalue weighted by atomic mass is 16.6. The van der Waals surface area contributed by atoms with Gasteiger partial charge in [0, 0.05) is 13.0 Å². The van der Waals surface area contributed by atoms with Crippen molar-refractivity contribution in [2.75, 3.05) is 6.61 Å². The van der Waals surface area contributed by atoms with Gasteiger partial charge in [0.25, 0.3) is 0 Å². The third-order valence-electron chi connectivity index (χ3n) is 10.8. The van der Waals surface area contributed by atoms with Crippen LogP contribution in [-0.4, -0.2) is 28.8 Å². The summed E-state index contributed by atoms with van der Waals surface area (Å²) in [4.78, 5) is 23.8. The van der Waals surface area contributed by atoms with E-state index in [1.54, 1.807) is 6.08 Å². The highest BCUT2D eigenvalue weighted by Crippen LogP contribution is 2.17. The summed E-state index contributed by atoms with van der Waals surface area (Å²) in [5, 5.41) is 18.3. The van der Waals surface area contributed by atoms with E-state index in [1.165, 1.54) is 205 Å². The molecule has 5 heteroatoms. The van der Waals surface area contributed by atoms with Crippen molar-refractivity contribution in [2.24, 2.45) is 0 Å². The maximum absolute atomic E-state index is 12.2. The Morgan fingerprint density at radius 1 is 0.415 bits per heavy atom. The van der Waals surface area contributed by atoms with E-state index in [2.05, 4.69) is 19.1 Å². The van der Waals surface area contributed by atoms with E-state index in [-0.39, 0.29) is 5.76 Å².